The molecule has 0 bridgehead atoms. The van der Waals surface area contributed by atoms with E-state index in [4.69, 9.17) is 5.73 Å². The Hall–Kier alpha value is 0.270. The number of rotatable bonds is 3. The van der Waals surface area contributed by atoms with Gasteiger partial charge in [-0.2, -0.15) is 11.8 Å². The van der Waals surface area contributed by atoms with Gasteiger partial charge in [-0.25, -0.2) is 0 Å². The zero-order valence-electron chi connectivity index (χ0n) is 11.5. The summed E-state index contributed by atoms with van der Waals surface area (Å²) in [6.45, 7) is 6.87. The first-order valence-electron chi connectivity index (χ1n) is 7.33. The van der Waals surface area contributed by atoms with Crippen LogP contribution in [0.2, 0.25) is 0 Å². The molecule has 2 rings (SSSR count). The molecule has 2 aliphatic heterocycles. The van der Waals surface area contributed by atoms with E-state index in [9.17, 15) is 0 Å². The summed E-state index contributed by atoms with van der Waals surface area (Å²) in [5.41, 5.74) is 6.52. The minimum absolute atomic E-state index is 0.296. The average Bonchev–Trinajstić information content (AvgIpc) is 2.40. The van der Waals surface area contributed by atoms with Crippen molar-refractivity contribution in [2.75, 3.05) is 18.8 Å². The van der Waals surface area contributed by atoms with Gasteiger partial charge in [0.25, 0.3) is 0 Å². The highest BCUT2D eigenvalue weighted by Gasteiger charge is 2.45. The standard InChI is InChI=1S/C14H28N2S/c1-3-13-7-4-5-9-16(13)14(11-15)8-6-10-17-12(14)2/h12-13H,3-11,15H2,1-2H3. The highest BCUT2D eigenvalue weighted by molar-refractivity contribution is 8.00. The zero-order valence-corrected chi connectivity index (χ0v) is 12.3. The van der Waals surface area contributed by atoms with Gasteiger partial charge in [0.15, 0.2) is 0 Å². The van der Waals surface area contributed by atoms with Gasteiger partial charge >= 0.3 is 0 Å². The number of likely N-dealkylation sites (tertiary alicyclic amines) is 1. The van der Waals surface area contributed by atoms with Crippen LogP contribution in [-0.2, 0) is 0 Å². The molecule has 100 valence electrons. The van der Waals surface area contributed by atoms with Crippen LogP contribution in [0, 0.1) is 0 Å². The van der Waals surface area contributed by atoms with Gasteiger partial charge in [0.1, 0.15) is 0 Å². The largest absolute Gasteiger partial charge is 0.329 e. The molecule has 2 fully saturated rings. The van der Waals surface area contributed by atoms with E-state index in [1.54, 1.807) is 0 Å². The second-order valence-electron chi connectivity index (χ2n) is 5.68. The molecule has 0 aromatic carbocycles. The molecule has 0 spiro atoms. The molecule has 3 unspecified atom stereocenters. The van der Waals surface area contributed by atoms with Gasteiger partial charge in [0.2, 0.25) is 0 Å². The van der Waals surface area contributed by atoms with E-state index in [-0.39, 0.29) is 0 Å². The summed E-state index contributed by atoms with van der Waals surface area (Å²) in [6, 6.07) is 0.786. The Morgan fingerprint density at radius 3 is 2.82 bits per heavy atom. The van der Waals surface area contributed by atoms with Crippen LogP contribution in [0.1, 0.15) is 52.4 Å². The van der Waals surface area contributed by atoms with Crippen LogP contribution in [0.5, 0.6) is 0 Å². The lowest BCUT2D eigenvalue weighted by atomic mass is 9.83. The number of hydrogen-bond acceptors (Lipinski definition) is 3. The second-order valence-corrected chi connectivity index (χ2v) is 7.12. The predicted octanol–water partition coefficient (Wildman–Crippen LogP) is 2.86. The van der Waals surface area contributed by atoms with Gasteiger partial charge in [-0.05, 0) is 44.4 Å². The van der Waals surface area contributed by atoms with Crippen molar-refractivity contribution in [3.05, 3.63) is 0 Å². The summed E-state index contributed by atoms with van der Waals surface area (Å²) in [6.07, 6.45) is 8.12. The molecule has 3 heteroatoms. The SMILES string of the molecule is CCC1CCCCN1C1(CN)CCCSC1C. The van der Waals surface area contributed by atoms with Crippen LogP contribution in [0.3, 0.4) is 0 Å². The summed E-state index contributed by atoms with van der Waals surface area (Å²) in [5.74, 6) is 1.33. The lowest BCUT2D eigenvalue weighted by Gasteiger charge is -2.54. The Bertz CT molecular complexity index is 246. The fourth-order valence-corrected chi connectivity index (χ4v) is 5.09. The van der Waals surface area contributed by atoms with E-state index < -0.39 is 0 Å². The third-order valence-corrected chi connectivity index (χ3v) is 6.37. The first kappa shape index (κ1) is 13.7. The number of nitrogens with zero attached hydrogens (tertiary/aromatic N) is 1. The van der Waals surface area contributed by atoms with Crippen molar-refractivity contribution in [2.24, 2.45) is 5.73 Å². The maximum Gasteiger partial charge on any atom is 0.0450 e. The van der Waals surface area contributed by atoms with Crippen molar-refractivity contribution in [3.8, 4) is 0 Å². The number of piperidine rings is 1. The lowest BCUT2D eigenvalue weighted by Crippen LogP contribution is -2.64. The van der Waals surface area contributed by atoms with Crippen LogP contribution in [0.15, 0.2) is 0 Å². The lowest BCUT2D eigenvalue weighted by molar-refractivity contribution is 0.0126. The van der Waals surface area contributed by atoms with Gasteiger partial charge in [-0.15, -0.1) is 0 Å². The van der Waals surface area contributed by atoms with Crippen LogP contribution < -0.4 is 5.73 Å². The Labute approximate surface area is 111 Å². The fourth-order valence-electron chi connectivity index (χ4n) is 3.77. The monoisotopic (exact) mass is 256 g/mol. The second kappa shape index (κ2) is 5.94. The zero-order chi connectivity index (χ0) is 12.3. The minimum Gasteiger partial charge on any atom is -0.329 e. The van der Waals surface area contributed by atoms with Crippen molar-refractivity contribution in [2.45, 2.75) is 69.2 Å². The fraction of sp³-hybridized carbons (Fsp3) is 1.00. The Morgan fingerprint density at radius 2 is 2.18 bits per heavy atom. The van der Waals surface area contributed by atoms with Gasteiger partial charge in [0, 0.05) is 23.4 Å². The third-order valence-electron chi connectivity index (χ3n) is 4.90. The molecular weight excluding hydrogens is 228 g/mol. The summed E-state index contributed by atoms with van der Waals surface area (Å²) >= 11 is 2.13. The Morgan fingerprint density at radius 1 is 1.35 bits per heavy atom. The van der Waals surface area contributed by atoms with Crippen LogP contribution in [-0.4, -0.2) is 40.6 Å². The average molecular weight is 256 g/mol. The molecule has 0 aromatic heterocycles. The van der Waals surface area contributed by atoms with Gasteiger partial charge < -0.3 is 5.73 Å². The van der Waals surface area contributed by atoms with E-state index >= 15 is 0 Å². The number of nitrogens with two attached hydrogens (primary N) is 1. The molecule has 2 aliphatic rings. The van der Waals surface area contributed by atoms with Crippen LogP contribution >= 0.6 is 11.8 Å². The molecule has 2 saturated heterocycles. The van der Waals surface area contributed by atoms with Gasteiger partial charge in [-0.1, -0.05) is 20.3 Å². The predicted molar refractivity (Wildman–Crippen MR) is 77.6 cm³/mol. The molecule has 3 atom stereocenters. The number of hydrogen-bond donors (Lipinski definition) is 1. The van der Waals surface area contributed by atoms with Gasteiger partial charge in [0.05, 0.1) is 0 Å². The molecule has 2 heterocycles. The van der Waals surface area contributed by atoms with Crippen LogP contribution in [0.25, 0.3) is 0 Å². The van der Waals surface area contributed by atoms with E-state index in [1.165, 1.54) is 50.8 Å². The molecule has 17 heavy (non-hydrogen) atoms. The quantitative estimate of drug-likeness (QED) is 0.842. The highest BCUT2D eigenvalue weighted by Crippen LogP contribution is 2.41. The highest BCUT2D eigenvalue weighted by atomic mass is 32.2. The first-order valence-corrected chi connectivity index (χ1v) is 8.38. The summed E-state index contributed by atoms with van der Waals surface area (Å²) in [5, 5.41) is 0.702. The minimum atomic E-state index is 0.296. The summed E-state index contributed by atoms with van der Waals surface area (Å²) in [7, 11) is 0. The maximum atomic E-state index is 6.22. The number of thioether (sulfide) groups is 1. The van der Waals surface area contributed by atoms with E-state index in [0.29, 0.717) is 10.8 Å². The van der Waals surface area contributed by atoms with Crippen molar-refractivity contribution in [1.29, 1.82) is 0 Å². The van der Waals surface area contributed by atoms with Crippen molar-refractivity contribution >= 4 is 11.8 Å². The molecule has 0 aromatic rings. The van der Waals surface area contributed by atoms with Gasteiger partial charge in [-0.3, -0.25) is 4.90 Å². The van der Waals surface area contributed by atoms with Crippen LogP contribution in [0.4, 0.5) is 0 Å². The normalized spacial score (nSPS) is 40.4. The Balaban J connectivity index is 2.19. The van der Waals surface area contributed by atoms with Crippen molar-refractivity contribution in [1.82, 2.24) is 4.90 Å². The smallest absolute Gasteiger partial charge is 0.0450 e. The molecule has 2 N–H and O–H groups in total. The van der Waals surface area contributed by atoms with E-state index in [0.717, 1.165) is 12.6 Å². The first-order chi connectivity index (χ1) is 8.24. The third kappa shape index (κ3) is 2.52. The molecule has 0 amide bonds. The molecule has 2 nitrogen and oxygen atoms in total. The Kier molecular flexibility index (Phi) is 4.79. The molecular formula is C14H28N2S. The van der Waals surface area contributed by atoms with Crippen molar-refractivity contribution in [3.63, 3.8) is 0 Å². The molecule has 0 radical (unpaired) electrons. The van der Waals surface area contributed by atoms with E-state index in [2.05, 4.69) is 30.5 Å². The topological polar surface area (TPSA) is 29.3 Å². The summed E-state index contributed by atoms with van der Waals surface area (Å²) < 4.78 is 0. The van der Waals surface area contributed by atoms with Crippen molar-refractivity contribution < 1.29 is 0 Å². The summed E-state index contributed by atoms with van der Waals surface area (Å²) in [4.78, 5) is 2.80. The molecule has 0 saturated carbocycles. The molecule has 0 aliphatic carbocycles. The van der Waals surface area contributed by atoms with E-state index in [1.807, 2.05) is 0 Å². The maximum absolute atomic E-state index is 6.22.